The van der Waals surface area contributed by atoms with Crippen molar-refractivity contribution in [3.8, 4) is 0 Å². The van der Waals surface area contributed by atoms with Crippen LogP contribution in [0.5, 0.6) is 0 Å². The molecule has 1 aromatic rings. The van der Waals surface area contributed by atoms with Gasteiger partial charge in [0.05, 0.1) is 0 Å². The van der Waals surface area contributed by atoms with E-state index in [1.165, 1.54) is 0 Å². The summed E-state index contributed by atoms with van der Waals surface area (Å²) in [5.74, 6) is 0.475. The van der Waals surface area contributed by atoms with E-state index in [1.54, 1.807) is 7.05 Å². The Morgan fingerprint density at radius 1 is 1.45 bits per heavy atom. The Bertz CT molecular complexity index is 277. The van der Waals surface area contributed by atoms with E-state index in [4.69, 9.17) is 5.31 Å². The average Bonchev–Trinajstić information content (AvgIpc) is 2.03. The van der Waals surface area contributed by atoms with Gasteiger partial charge in [-0.05, 0) is 0 Å². The summed E-state index contributed by atoms with van der Waals surface area (Å²) in [6, 6.07) is 0. The fourth-order valence-corrected chi connectivity index (χ4v) is 0.930. The second-order valence-electron chi connectivity index (χ2n) is 1.64. The molecule has 0 saturated carbocycles. The van der Waals surface area contributed by atoms with Gasteiger partial charge in [0.25, 0.3) is 0 Å². The topological polar surface area (TPSA) is 74.6 Å². The van der Waals surface area contributed by atoms with E-state index in [2.05, 4.69) is 55.6 Å². The van der Waals surface area contributed by atoms with Crippen molar-refractivity contribution in [3.63, 3.8) is 0 Å². The van der Waals surface area contributed by atoms with E-state index in [9.17, 15) is 0 Å². The summed E-state index contributed by atoms with van der Waals surface area (Å²) in [6.07, 6.45) is 0. The van der Waals surface area contributed by atoms with Crippen molar-refractivity contribution in [1.29, 1.82) is 5.31 Å². The molecule has 0 aromatic carbocycles. The SMILES string of the molecule is CNc1n[c]([Er])nc(B=N)n1. The van der Waals surface area contributed by atoms with Gasteiger partial charge in [0.1, 0.15) is 0 Å². The van der Waals surface area contributed by atoms with Crippen LogP contribution >= 0.6 is 0 Å². The van der Waals surface area contributed by atoms with Crippen LogP contribution in [0.4, 0.5) is 5.95 Å². The van der Waals surface area contributed by atoms with Gasteiger partial charge in [0.2, 0.25) is 0 Å². The molecule has 0 amide bonds. The van der Waals surface area contributed by atoms with E-state index in [-0.39, 0.29) is 0 Å². The van der Waals surface area contributed by atoms with Gasteiger partial charge in [-0.3, -0.25) is 0 Å². The molecule has 0 saturated heterocycles. The first-order valence-electron chi connectivity index (χ1n) is 2.81. The van der Waals surface area contributed by atoms with Crippen LogP contribution in [0.25, 0.3) is 0 Å². The van der Waals surface area contributed by atoms with Crippen LogP contribution in [0.1, 0.15) is 0 Å². The van der Waals surface area contributed by atoms with Crippen LogP contribution < -0.4 is 13.0 Å². The Morgan fingerprint density at radius 3 is 2.73 bits per heavy atom. The molecule has 1 heterocycles. The number of rotatable bonds is 2. The van der Waals surface area contributed by atoms with Gasteiger partial charge in [0, 0.05) is 0 Å². The average molecular weight is 301 g/mol. The molecule has 5 nitrogen and oxygen atoms in total. The van der Waals surface area contributed by atoms with Gasteiger partial charge in [-0.15, -0.1) is 0 Å². The van der Waals surface area contributed by atoms with Crippen molar-refractivity contribution in [2.24, 2.45) is 0 Å². The van der Waals surface area contributed by atoms with Crippen LogP contribution in [-0.2, 0) is 0 Å². The monoisotopic (exact) mass is 300 g/mol. The van der Waals surface area contributed by atoms with Crippen molar-refractivity contribution in [3.05, 3.63) is 0 Å². The number of nitrogens with zero attached hydrogens (tertiary/aromatic N) is 3. The quantitative estimate of drug-likeness (QED) is 0.631. The third kappa shape index (κ3) is 2.46. The van der Waals surface area contributed by atoms with E-state index < -0.39 is 0 Å². The minimum atomic E-state index is 0.356. The van der Waals surface area contributed by atoms with Gasteiger partial charge in [0.15, 0.2) is 0 Å². The van der Waals surface area contributed by atoms with Crippen molar-refractivity contribution in [2.45, 2.75) is 0 Å². The summed E-state index contributed by atoms with van der Waals surface area (Å²) in [5.41, 5.74) is 0.356. The molecule has 0 atom stereocenters. The van der Waals surface area contributed by atoms with Crippen molar-refractivity contribution in [1.82, 2.24) is 15.0 Å². The van der Waals surface area contributed by atoms with Crippen LogP contribution in [0, 0.1) is 40.7 Å². The molecule has 61 valence electrons. The summed E-state index contributed by atoms with van der Waals surface area (Å²) < 4.78 is 0.530. The Hall–Kier alpha value is -0.0783. The first-order chi connectivity index (χ1) is 5.26. The molecular formula is C4H5BErN5. The molecule has 0 aliphatic carbocycles. The normalized spacial score (nSPS) is 9.00. The standard InChI is InChI=1S/C4H5BN5.Er/c1-7-4-9-2-8-3(5-6)10-4;/h6H,1H3,(H,7,8,9,10);. The number of hydrogen-bond donors (Lipinski definition) is 2. The van der Waals surface area contributed by atoms with Gasteiger partial charge in [-0.25, -0.2) is 0 Å². The molecule has 11 heavy (non-hydrogen) atoms. The molecule has 0 spiro atoms. The molecule has 2 N–H and O–H groups in total. The third-order valence-electron chi connectivity index (χ3n) is 0.958. The summed E-state index contributed by atoms with van der Waals surface area (Å²) in [4.78, 5) is 11.7. The van der Waals surface area contributed by atoms with Crippen LogP contribution in [0.15, 0.2) is 0 Å². The zero-order valence-electron chi connectivity index (χ0n) is 5.71. The van der Waals surface area contributed by atoms with E-state index in [0.717, 1.165) is 7.07 Å². The van der Waals surface area contributed by atoms with Gasteiger partial charge < -0.3 is 0 Å². The van der Waals surface area contributed by atoms with Crippen LogP contribution in [-0.4, -0.2) is 29.1 Å². The molecule has 0 fully saturated rings. The fraction of sp³-hybridized carbons (Fsp3) is 0.250. The molecule has 0 aliphatic heterocycles. The molecule has 0 unspecified atom stereocenters. The van der Waals surface area contributed by atoms with Crippen LogP contribution in [0.2, 0.25) is 0 Å². The van der Waals surface area contributed by atoms with E-state index in [1.807, 2.05) is 0 Å². The Labute approximate surface area is 88.1 Å². The Kier molecular flexibility index (Phi) is 3.34. The summed E-state index contributed by atoms with van der Waals surface area (Å²) in [5, 5.41) is 9.66. The Morgan fingerprint density at radius 2 is 2.18 bits per heavy atom. The molecular weight excluding hydrogens is 296 g/mol. The first-order valence-corrected chi connectivity index (χ1v) is 3.74. The number of hydrogen-bond acceptors (Lipinski definition) is 5. The van der Waals surface area contributed by atoms with Crippen molar-refractivity contribution >= 4 is 20.7 Å². The summed E-state index contributed by atoms with van der Waals surface area (Å²) in [7, 11) is 2.79. The zero-order chi connectivity index (χ0) is 8.27. The molecule has 0 aliphatic rings. The second kappa shape index (κ2) is 4.07. The fourth-order valence-electron chi connectivity index (χ4n) is 0.522. The molecule has 0 radical (unpaired) electrons. The Balaban J connectivity index is 3.11. The van der Waals surface area contributed by atoms with E-state index in [0.29, 0.717) is 13.7 Å². The maximum atomic E-state index is 6.90. The van der Waals surface area contributed by atoms with Crippen molar-refractivity contribution in [2.75, 3.05) is 12.4 Å². The molecule has 1 aromatic heterocycles. The molecule has 1 rings (SSSR count). The van der Waals surface area contributed by atoms with Gasteiger partial charge >= 0.3 is 88.7 Å². The minimum absolute atomic E-state index is 0.356. The van der Waals surface area contributed by atoms with Crippen LogP contribution in [0.3, 0.4) is 0 Å². The molecule has 7 heteroatoms. The second-order valence-corrected chi connectivity index (χ2v) is 2.47. The van der Waals surface area contributed by atoms with Gasteiger partial charge in [-0.2, -0.15) is 0 Å². The zero-order valence-corrected chi connectivity index (χ0v) is 7.56. The maximum absolute atomic E-state index is 6.90. The number of aromatic nitrogens is 3. The van der Waals surface area contributed by atoms with Gasteiger partial charge in [-0.1, -0.05) is 0 Å². The predicted octanol–water partition coefficient (Wildman–Crippen LogP) is -1.82. The number of nitrogens with one attached hydrogen (secondary N) is 2. The first kappa shape index (κ1) is 9.01. The third-order valence-corrected chi connectivity index (χ3v) is 1.37. The van der Waals surface area contributed by atoms with Crippen molar-refractivity contribution < 1.29 is 35.4 Å². The summed E-state index contributed by atoms with van der Waals surface area (Å²) in [6.45, 7) is 0. The number of anilines is 1. The molecule has 0 bridgehead atoms. The summed E-state index contributed by atoms with van der Waals surface area (Å²) >= 11 is 2.35. The van der Waals surface area contributed by atoms with E-state index >= 15 is 0 Å². The predicted molar refractivity (Wildman–Crippen MR) is 37.1 cm³/mol.